The van der Waals surface area contributed by atoms with Crippen molar-refractivity contribution in [1.82, 2.24) is 0 Å². The summed E-state index contributed by atoms with van der Waals surface area (Å²) in [5.74, 6) is -1.16. The second kappa shape index (κ2) is 6.92. The molecule has 0 aliphatic heterocycles. The SMILES string of the molecule is CCOOP(=O)(CC[C@H](N)C(=O)O)OC. The summed E-state index contributed by atoms with van der Waals surface area (Å²) < 4.78 is 20.8. The number of nitrogens with two attached hydrogens (primary N) is 1. The zero-order valence-electron chi connectivity index (χ0n) is 8.71. The van der Waals surface area contributed by atoms with Crippen LogP contribution in [-0.4, -0.2) is 37.0 Å². The summed E-state index contributed by atoms with van der Waals surface area (Å²) in [7, 11) is -2.18. The highest BCUT2D eigenvalue weighted by Crippen LogP contribution is 2.48. The third kappa shape index (κ3) is 5.86. The van der Waals surface area contributed by atoms with Gasteiger partial charge in [-0.05, 0) is 13.3 Å². The first kappa shape index (κ1) is 14.5. The molecule has 0 aromatic rings. The van der Waals surface area contributed by atoms with Gasteiger partial charge in [-0.1, -0.05) is 0 Å². The van der Waals surface area contributed by atoms with E-state index >= 15 is 0 Å². The molecule has 8 heteroatoms. The first-order valence-corrected chi connectivity index (χ1v) is 6.12. The molecule has 0 aromatic carbocycles. The Labute approximate surface area is 88.0 Å². The van der Waals surface area contributed by atoms with E-state index in [4.69, 9.17) is 10.8 Å². The number of hydrogen-bond acceptors (Lipinski definition) is 6. The number of carboxylic acid groups (broad SMARTS) is 1. The maximum Gasteiger partial charge on any atom is 0.357 e. The molecule has 0 aromatic heterocycles. The number of rotatable bonds is 8. The Morgan fingerprint density at radius 3 is 2.60 bits per heavy atom. The predicted molar refractivity (Wildman–Crippen MR) is 52.4 cm³/mol. The topological polar surface area (TPSA) is 108 Å². The second-order valence-electron chi connectivity index (χ2n) is 2.73. The smallest absolute Gasteiger partial charge is 0.357 e. The van der Waals surface area contributed by atoms with Gasteiger partial charge in [0.1, 0.15) is 6.04 Å². The molecular formula is C7H16NO6P. The summed E-state index contributed by atoms with van der Waals surface area (Å²) in [6, 6.07) is -1.08. The lowest BCUT2D eigenvalue weighted by molar-refractivity contribution is -0.209. The van der Waals surface area contributed by atoms with Gasteiger partial charge in [0.15, 0.2) is 0 Å². The van der Waals surface area contributed by atoms with Crippen molar-refractivity contribution in [2.24, 2.45) is 5.73 Å². The predicted octanol–water partition coefficient (Wildman–Crippen LogP) is 0.596. The molecule has 0 rings (SSSR count). The van der Waals surface area contributed by atoms with Crippen LogP contribution in [0.5, 0.6) is 0 Å². The van der Waals surface area contributed by atoms with Crippen LogP contribution in [0.3, 0.4) is 0 Å². The molecule has 2 atom stereocenters. The summed E-state index contributed by atoms with van der Waals surface area (Å²) in [6.07, 6.45) is -0.107. The molecule has 0 heterocycles. The van der Waals surface area contributed by atoms with Gasteiger partial charge < -0.3 is 15.4 Å². The third-order valence-electron chi connectivity index (χ3n) is 1.59. The van der Waals surface area contributed by atoms with Crippen molar-refractivity contribution >= 4 is 13.6 Å². The van der Waals surface area contributed by atoms with Crippen LogP contribution < -0.4 is 5.73 Å². The number of aliphatic carboxylic acids is 1. The van der Waals surface area contributed by atoms with Crippen molar-refractivity contribution in [2.75, 3.05) is 19.9 Å². The Balaban J connectivity index is 4.08. The summed E-state index contributed by atoms with van der Waals surface area (Å²) in [4.78, 5) is 14.9. The van der Waals surface area contributed by atoms with Gasteiger partial charge in [-0.25, -0.2) is 4.89 Å². The summed E-state index contributed by atoms with van der Waals surface area (Å²) >= 11 is 0. The molecule has 0 amide bonds. The van der Waals surface area contributed by atoms with Gasteiger partial charge in [-0.15, -0.1) is 4.67 Å². The minimum Gasteiger partial charge on any atom is -0.480 e. The summed E-state index contributed by atoms with van der Waals surface area (Å²) in [5, 5.41) is 8.50. The molecule has 0 saturated carbocycles. The van der Waals surface area contributed by atoms with Crippen molar-refractivity contribution in [2.45, 2.75) is 19.4 Å². The molecule has 0 aliphatic rings. The van der Waals surface area contributed by atoms with Crippen LogP contribution >= 0.6 is 7.60 Å². The van der Waals surface area contributed by atoms with Crippen LogP contribution in [0.25, 0.3) is 0 Å². The van der Waals surface area contributed by atoms with Gasteiger partial charge in [0.2, 0.25) is 0 Å². The monoisotopic (exact) mass is 241 g/mol. The molecule has 0 spiro atoms. The van der Waals surface area contributed by atoms with Gasteiger partial charge in [0.25, 0.3) is 0 Å². The summed E-state index contributed by atoms with van der Waals surface area (Å²) in [6.45, 7) is 1.88. The fourth-order valence-corrected chi connectivity index (χ4v) is 1.89. The highest BCUT2D eigenvalue weighted by atomic mass is 31.2. The van der Waals surface area contributed by atoms with E-state index in [-0.39, 0.29) is 19.2 Å². The standard InChI is InChI=1S/C7H16NO6P/c1-3-13-14-15(11,12-2)5-4-6(8)7(9)10/h6H,3-5,8H2,1-2H3,(H,9,10)/t6-,15?/m0/s1. The van der Waals surface area contributed by atoms with Gasteiger partial charge in [0, 0.05) is 7.11 Å². The van der Waals surface area contributed by atoms with Gasteiger partial charge in [-0.2, -0.15) is 0 Å². The van der Waals surface area contributed by atoms with Crippen LogP contribution in [0.4, 0.5) is 0 Å². The van der Waals surface area contributed by atoms with Crippen LogP contribution in [0, 0.1) is 0 Å². The van der Waals surface area contributed by atoms with E-state index in [0.717, 1.165) is 0 Å². The molecule has 1 unspecified atom stereocenters. The Bertz CT molecular complexity index is 246. The Kier molecular flexibility index (Phi) is 6.71. The zero-order valence-corrected chi connectivity index (χ0v) is 9.61. The van der Waals surface area contributed by atoms with E-state index < -0.39 is 19.6 Å². The van der Waals surface area contributed by atoms with Crippen molar-refractivity contribution in [3.63, 3.8) is 0 Å². The molecule has 0 bridgehead atoms. The molecule has 0 fully saturated rings. The average molecular weight is 241 g/mol. The van der Waals surface area contributed by atoms with Gasteiger partial charge in [-0.3, -0.25) is 9.36 Å². The third-order valence-corrected chi connectivity index (χ3v) is 3.29. The van der Waals surface area contributed by atoms with E-state index in [1.165, 1.54) is 7.11 Å². The molecule has 0 radical (unpaired) electrons. The highest BCUT2D eigenvalue weighted by molar-refractivity contribution is 7.53. The Morgan fingerprint density at radius 1 is 1.60 bits per heavy atom. The van der Waals surface area contributed by atoms with Crippen molar-refractivity contribution in [3.8, 4) is 0 Å². The van der Waals surface area contributed by atoms with E-state index in [9.17, 15) is 9.36 Å². The number of hydrogen-bond donors (Lipinski definition) is 2. The lowest BCUT2D eigenvalue weighted by Gasteiger charge is -2.15. The lowest BCUT2D eigenvalue weighted by Crippen LogP contribution is -2.31. The van der Waals surface area contributed by atoms with E-state index in [1.54, 1.807) is 6.92 Å². The fraction of sp³-hybridized carbons (Fsp3) is 0.857. The summed E-state index contributed by atoms with van der Waals surface area (Å²) in [5.41, 5.74) is 5.23. The van der Waals surface area contributed by atoms with Crippen LogP contribution in [-0.2, 0) is 23.4 Å². The van der Waals surface area contributed by atoms with Crippen LogP contribution in [0.1, 0.15) is 13.3 Å². The minimum absolute atomic E-state index is 0.00642. The largest absolute Gasteiger partial charge is 0.480 e. The fourth-order valence-electron chi connectivity index (χ4n) is 0.713. The van der Waals surface area contributed by atoms with Gasteiger partial charge in [0.05, 0.1) is 12.8 Å². The average Bonchev–Trinajstić information content (AvgIpc) is 2.22. The molecule has 15 heavy (non-hydrogen) atoms. The first-order chi connectivity index (χ1) is 6.95. The lowest BCUT2D eigenvalue weighted by atomic mass is 10.2. The molecule has 7 nitrogen and oxygen atoms in total. The number of carbonyl (C=O) groups is 1. The van der Waals surface area contributed by atoms with E-state index in [1.807, 2.05) is 0 Å². The normalized spacial score (nSPS) is 17.0. The van der Waals surface area contributed by atoms with Crippen molar-refractivity contribution < 1.29 is 28.6 Å². The highest BCUT2D eigenvalue weighted by Gasteiger charge is 2.26. The van der Waals surface area contributed by atoms with Crippen molar-refractivity contribution in [1.29, 1.82) is 0 Å². The zero-order chi connectivity index (χ0) is 11.9. The molecule has 3 N–H and O–H groups in total. The first-order valence-electron chi connectivity index (χ1n) is 4.39. The number of carboxylic acids is 1. The maximum absolute atomic E-state index is 11.6. The maximum atomic E-state index is 11.6. The van der Waals surface area contributed by atoms with Crippen molar-refractivity contribution in [3.05, 3.63) is 0 Å². The van der Waals surface area contributed by atoms with E-state index in [0.29, 0.717) is 0 Å². The molecule has 0 aliphatic carbocycles. The van der Waals surface area contributed by atoms with Crippen LogP contribution in [0.2, 0.25) is 0 Å². The molecule has 0 saturated heterocycles. The van der Waals surface area contributed by atoms with Crippen LogP contribution in [0.15, 0.2) is 0 Å². The minimum atomic E-state index is -3.38. The Morgan fingerprint density at radius 2 is 2.20 bits per heavy atom. The van der Waals surface area contributed by atoms with E-state index in [2.05, 4.69) is 14.1 Å². The Hall–Kier alpha value is -0.460. The quantitative estimate of drug-likeness (QED) is 0.363. The van der Waals surface area contributed by atoms with Gasteiger partial charge >= 0.3 is 13.6 Å². The second-order valence-corrected chi connectivity index (χ2v) is 4.91. The molecule has 90 valence electrons. The molecular weight excluding hydrogens is 225 g/mol.